The Morgan fingerprint density at radius 3 is 2.63 bits per heavy atom. The van der Waals surface area contributed by atoms with Gasteiger partial charge in [-0.1, -0.05) is 12.7 Å². The number of aliphatic imine (C=N–C) groups is 1. The minimum atomic E-state index is -4.06. The molecular formula is C21H21N9O4S. The van der Waals surface area contributed by atoms with Crippen molar-refractivity contribution in [1.82, 2.24) is 34.7 Å². The SMILES string of the molecule is COc1nc[nH]c(=O)c1-n1c(NS(=O)(=O)[C@@H](C)[C@H](C)c2cnc(C)cn2)nnc1C1=C=C=CC=N1. The lowest BCUT2D eigenvalue weighted by Gasteiger charge is -2.20. The van der Waals surface area contributed by atoms with E-state index in [0.29, 0.717) is 5.69 Å². The minimum absolute atomic E-state index is 0.0291. The van der Waals surface area contributed by atoms with Crippen LogP contribution in [0.2, 0.25) is 0 Å². The molecule has 35 heavy (non-hydrogen) atoms. The van der Waals surface area contributed by atoms with Gasteiger partial charge in [0.15, 0.2) is 17.2 Å². The van der Waals surface area contributed by atoms with E-state index in [1.165, 1.54) is 26.3 Å². The van der Waals surface area contributed by atoms with E-state index >= 15 is 0 Å². The van der Waals surface area contributed by atoms with Crippen molar-refractivity contribution in [3.63, 3.8) is 0 Å². The molecule has 0 aromatic carbocycles. The number of aromatic amines is 1. The molecule has 3 aromatic rings. The second-order valence-electron chi connectivity index (χ2n) is 7.56. The maximum Gasteiger partial charge on any atom is 0.279 e. The van der Waals surface area contributed by atoms with Gasteiger partial charge in [0, 0.05) is 30.6 Å². The first kappa shape index (κ1) is 23.8. The molecule has 180 valence electrons. The molecule has 4 rings (SSSR count). The third-order valence-corrected chi connectivity index (χ3v) is 7.19. The van der Waals surface area contributed by atoms with Crippen molar-refractivity contribution in [2.75, 3.05) is 11.8 Å². The monoisotopic (exact) mass is 495 g/mol. The number of H-pyrrole nitrogens is 1. The minimum Gasteiger partial charge on any atom is -0.479 e. The number of ether oxygens (including phenoxy) is 1. The Kier molecular flexibility index (Phi) is 6.43. The van der Waals surface area contributed by atoms with Crippen LogP contribution >= 0.6 is 0 Å². The van der Waals surface area contributed by atoms with Gasteiger partial charge in [-0.25, -0.2) is 23.0 Å². The lowest BCUT2D eigenvalue weighted by Crippen LogP contribution is -2.31. The first-order chi connectivity index (χ1) is 16.7. The highest BCUT2D eigenvalue weighted by molar-refractivity contribution is 7.93. The van der Waals surface area contributed by atoms with Crippen LogP contribution in [0.3, 0.4) is 0 Å². The van der Waals surface area contributed by atoms with Crippen LogP contribution in [0.15, 0.2) is 46.0 Å². The third kappa shape index (κ3) is 4.66. The summed E-state index contributed by atoms with van der Waals surface area (Å²) in [5, 5.41) is 7.08. The van der Waals surface area contributed by atoms with Crippen LogP contribution in [0, 0.1) is 6.92 Å². The maximum atomic E-state index is 13.3. The standard InChI is InChI=1S/C21H21N9O4S/c1-12-9-24-16(10-23-12)13(2)14(3)35(32,33)29-21-28-27-18(15-7-5-6-8-22-15)30(21)17-19(31)25-11-26-20(17)34-4/h6,8-11,13-14H,1-4H3,(H,28,29)(H,25,26,31)/t13-,14-/m0/s1. The van der Waals surface area contributed by atoms with E-state index in [1.54, 1.807) is 26.2 Å². The van der Waals surface area contributed by atoms with E-state index in [1.807, 2.05) is 0 Å². The molecule has 1 aliphatic heterocycles. The molecule has 0 spiro atoms. The summed E-state index contributed by atoms with van der Waals surface area (Å²) in [6, 6.07) is 0. The fraction of sp³-hybridized carbons (Fsp3) is 0.286. The Hall–Kier alpha value is -4.38. The second-order valence-corrected chi connectivity index (χ2v) is 9.60. The number of rotatable bonds is 8. The molecule has 0 bridgehead atoms. The fourth-order valence-corrected chi connectivity index (χ4v) is 4.46. The molecule has 0 unspecified atom stereocenters. The van der Waals surface area contributed by atoms with Crippen molar-refractivity contribution in [2.24, 2.45) is 4.99 Å². The maximum absolute atomic E-state index is 13.3. The Bertz CT molecular complexity index is 1560. The Morgan fingerprint density at radius 2 is 1.97 bits per heavy atom. The summed E-state index contributed by atoms with van der Waals surface area (Å²) in [6.07, 6.45) is 7.25. The molecule has 3 aromatic heterocycles. The Balaban J connectivity index is 1.81. The molecule has 14 heteroatoms. The molecule has 13 nitrogen and oxygen atoms in total. The summed E-state index contributed by atoms with van der Waals surface area (Å²) < 4.78 is 35.5. The van der Waals surface area contributed by atoms with Crippen molar-refractivity contribution in [3.8, 4) is 11.6 Å². The molecule has 2 N–H and O–H groups in total. The first-order valence-electron chi connectivity index (χ1n) is 10.3. The summed E-state index contributed by atoms with van der Waals surface area (Å²) in [7, 11) is -2.73. The van der Waals surface area contributed by atoms with Crippen LogP contribution in [0.1, 0.15) is 37.0 Å². The molecule has 1 aliphatic rings. The number of sulfonamides is 1. The number of nitrogens with one attached hydrogen (secondary N) is 2. The highest BCUT2D eigenvalue weighted by Gasteiger charge is 2.32. The molecule has 0 saturated heterocycles. The van der Waals surface area contributed by atoms with Gasteiger partial charge < -0.3 is 9.72 Å². The van der Waals surface area contributed by atoms with Crippen molar-refractivity contribution < 1.29 is 13.2 Å². The zero-order chi connectivity index (χ0) is 25.2. The highest BCUT2D eigenvalue weighted by Crippen LogP contribution is 2.28. The molecule has 0 fully saturated rings. The normalized spacial score (nSPS) is 14.5. The smallest absolute Gasteiger partial charge is 0.279 e. The number of methoxy groups -OCH3 is 1. The van der Waals surface area contributed by atoms with Gasteiger partial charge in [-0.2, -0.15) is 0 Å². The van der Waals surface area contributed by atoms with Gasteiger partial charge in [0.05, 0.1) is 30.1 Å². The van der Waals surface area contributed by atoms with E-state index in [-0.39, 0.29) is 29.0 Å². The average molecular weight is 496 g/mol. The zero-order valence-electron chi connectivity index (χ0n) is 19.2. The lowest BCUT2D eigenvalue weighted by molar-refractivity contribution is 0.394. The van der Waals surface area contributed by atoms with Crippen LogP contribution in [-0.2, 0) is 10.0 Å². The molecule has 0 aliphatic carbocycles. The topological polar surface area (TPSA) is 170 Å². The van der Waals surface area contributed by atoms with Crippen LogP contribution in [0.25, 0.3) is 11.4 Å². The van der Waals surface area contributed by atoms with E-state index in [9.17, 15) is 13.2 Å². The number of nitrogens with zero attached hydrogens (tertiary/aromatic N) is 7. The van der Waals surface area contributed by atoms with Gasteiger partial charge in [0.1, 0.15) is 0 Å². The highest BCUT2D eigenvalue weighted by atomic mass is 32.2. The van der Waals surface area contributed by atoms with Crippen molar-refractivity contribution in [1.29, 1.82) is 0 Å². The van der Waals surface area contributed by atoms with Gasteiger partial charge >= 0.3 is 0 Å². The summed E-state index contributed by atoms with van der Waals surface area (Å²) in [5.74, 6) is -0.815. The molecule has 0 amide bonds. The lowest BCUT2D eigenvalue weighted by atomic mass is 10.1. The van der Waals surface area contributed by atoms with Crippen LogP contribution in [-0.4, -0.2) is 61.7 Å². The van der Waals surface area contributed by atoms with Gasteiger partial charge in [0.2, 0.25) is 21.9 Å². The average Bonchev–Trinajstić information content (AvgIpc) is 3.26. The van der Waals surface area contributed by atoms with E-state index in [0.717, 1.165) is 16.6 Å². The zero-order valence-corrected chi connectivity index (χ0v) is 20.0. The van der Waals surface area contributed by atoms with Crippen LogP contribution in [0.5, 0.6) is 5.88 Å². The first-order valence-corrected chi connectivity index (χ1v) is 11.9. The number of hydrogen-bond donors (Lipinski definition) is 2. The van der Waals surface area contributed by atoms with Crippen LogP contribution in [0.4, 0.5) is 5.95 Å². The Morgan fingerprint density at radius 1 is 1.17 bits per heavy atom. The largest absolute Gasteiger partial charge is 0.479 e. The summed E-state index contributed by atoms with van der Waals surface area (Å²) >= 11 is 0. The van der Waals surface area contributed by atoms with Crippen LogP contribution < -0.4 is 15.0 Å². The van der Waals surface area contributed by atoms with E-state index in [4.69, 9.17) is 4.74 Å². The number of allylic oxidation sites excluding steroid dienone is 1. The molecule has 4 heterocycles. The van der Waals surface area contributed by atoms with Crippen molar-refractivity contribution in [3.05, 3.63) is 63.8 Å². The summed E-state index contributed by atoms with van der Waals surface area (Å²) in [6.45, 7) is 5.06. The van der Waals surface area contributed by atoms with Gasteiger partial charge in [-0.3, -0.25) is 19.5 Å². The van der Waals surface area contributed by atoms with Gasteiger partial charge in [-0.05, 0) is 19.6 Å². The molecule has 0 radical (unpaired) electrons. The van der Waals surface area contributed by atoms with Crippen molar-refractivity contribution >= 4 is 27.9 Å². The number of aryl methyl sites for hydroxylation is 1. The van der Waals surface area contributed by atoms with Gasteiger partial charge in [-0.15, -0.1) is 10.2 Å². The number of hydrogen-bond acceptors (Lipinski definition) is 10. The second kappa shape index (κ2) is 9.47. The van der Waals surface area contributed by atoms with E-state index in [2.05, 4.69) is 51.3 Å². The summed E-state index contributed by atoms with van der Waals surface area (Å²) in [4.78, 5) is 31.9. The number of aromatic nitrogens is 7. The Labute approximate surface area is 200 Å². The predicted molar refractivity (Wildman–Crippen MR) is 127 cm³/mol. The quantitative estimate of drug-likeness (QED) is 0.435. The summed E-state index contributed by atoms with van der Waals surface area (Å²) in [5.41, 5.74) is 6.16. The molecular weight excluding hydrogens is 474 g/mol. The van der Waals surface area contributed by atoms with E-state index < -0.39 is 26.8 Å². The van der Waals surface area contributed by atoms with Gasteiger partial charge in [0.25, 0.3) is 5.56 Å². The molecule has 2 atom stereocenters. The predicted octanol–water partition coefficient (Wildman–Crippen LogP) is 1.13. The fourth-order valence-electron chi connectivity index (χ4n) is 3.21. The third-order valence-electron chi connectivity index (χ3n) is 5.33. The number of anilines is 1. The molecule has 0 saturated carbocycles. The van der Waals surface area contributed by atoms with Crippen molar-refractivity contribution in [2.45, 2.75) is 31.9 Å².